The number of aryl methyl sites for hydroxylation is 2. The highest BCUT2D eigenvalue weighted by Gasteiger charge is 2.32. The van der Waals surface area contributed by atoms with Gasteiger partial charge < -0.3 is 10.4 Å². The molecule has 6 nitrogen and oxygen atoms in total. The van der Waals surface area contributed by atoms with Crippen LogP contribution in [0.15, 0.2) is 11.4 Å². The van der Waals surface area contributed by atoms with E-state index in [1.54, 1.807) is 23.9 Å². The molecular formula is C12H16N4O2S. The standard InChI is InChI=1S/C12H16N4O2S/c1-7-5-9(16(4)15-7)14-11-13-8(6-19-11)12(2,3)10(17)18/h5-6H,1-4H3,(H,13,14)(H,17,18). The first-order valence-electron chi connectivity index (χ1n) is 5.78. The molecule has 0 saturated carbocycles. The molecule has 0 unspecified atom stereocenters. The average Bonchev–Trinajstić information content (AvgIpc) is 2.87. The molecule has 0 aliphatic carbocycles. The van der Waals surface area contributed by atoms with Crippen LogP contribution < -0.4 is 5.32 Å². The summed E-state index contributed by atoms with van der Waals surface area (Å²) in [5, 5.41) is 19.0. The average molecular weight is 280 g/mol. The van der Waals surface area contributed by atoms with Crippen LogP contribution in [0, 0.1) is 6.92 Å². The second kappa shape index (κ2) is 4.65. The molecule has 0 aromatic carbocycles. The van der Waals surface area contributed by atoms with Crippen molar-refractivity contribution in [2.75, 3.05) is 5.32 Å². The topological polar surface area (TPSA) is 80.0 Å². The van der Waals surface area contributed by atoms with Crippen LogP contribution in [0.1, 0.15) is 25.2 Å². The van der Waals surface area contributed by atoms with E-state index in [1.807, 2.05) is 20.0 Å². The van der Waals surface area contributed by atoms with Gasteiger partial charge in [0.2, 0.25) is 0 Å². The smallest absolute Gasteiger partial charge is 0.315 e. The van der Waals surface area contributed by atoms with E-state index >= 15 is 0 Å². The maximum Gasteiger partial charge on any atom is 0.315 e. The van der Waals surface area contributed by atoms with E-state index in [-0.39, 0.29) is 0 Å². The summed E-state index contributed by atoms with van der Waals surface area (Å²) in [6, 6.07) is 1.91. The number of nitrogens with one attached hydrogen (secondary N) is 1. The van der Waals surface area contributed by atoms with Gasteiger partial charge in [-0.25, -0.2) is 4.98 Å². The van der Waals surface area contributed by atoms with Crippen LogP contribution in [-0.2, 0) is 17.3 Å². The maximum atomic E-state index is 11.2. The normalized spacial score (nSPS) is 11.6. The van der Waals surface area contributed by atoms with Gasteiger partial charge in [0, 0.05) is 18.5 Å². The summed E-state index contributed by atoms with van der Waals surface area (Å²) in [5.41, 5.74) is 0.470. The summed E-state index contributed by atoms with van der Waals surface area (Å²) in [6.07, 6.45) is 0. The lowest BCUT2D eigenvalue weighted by molar-refractivity contribution is -0.142. The number of aliphatic carboxylic acids is 1. The first-order valence-corrected chi connectivity index (χ1v) is 6.65. The van der Waals surface area contributed by atoms with Gasteiger partial charge in [-0.15, -0.1) is 11.3 Å². The number of hydrogen-bond acceptors (Lipinski definition) is 5. The van der Waals surface area contributed by atoms with Gasteiger partial charge >= 0.3 is 5.97 Å². The summed E-state index contributed by atoms with van der Waals surface area (Å²) >= 11 is 1.38. The van der Waals surface area contributed by atoms with Gasteiger partial charge in [-0.05, 0) is 20.8 Å². The Balaban J connectivity index is 2.23. The summed E-state index contributed by atoms with van der Waals surface area (Å²) in [4.78, 5) is 15.5. The third-order valence-electron chi connectivity index (χ3n) is 2.92. The lowest BCUT2D eigenvalue weighted by Crippen LogP contribution is -2.28. The molecule has 0 amide bonds. The Labute approximate surface area is 115 Å². The first kappa shape index (κ1) is 13.5. The molecule has 0 spiro atoms. The number of nitrogens with zero attached hydrogens (tertiary/aromatic N) is 3. The van der Waals surface area contributed by atoms with Gasteiger partial charge in [-0.1, -0.05) is 0 Å². The van der Waals surface area contributed by atoms with Crippen molar-refractivity contribution in [2.24, 2.45) is 7.05 Å². The van der Waals surface area contributed by atoms with Gasteiger partial charge in [0.15, 0.2) is 5.13 Å². The monoisotopic (exact) mass is 280 g/mol. The minimum absolute atomic E-state index is 0.548. The van der Waals surface area contributed by atoms with Gasteiger partial charge in [-0.3, -0.25) is 9.48 Å². The van der Waals surface area contributed by atoms with Crippen LogP contribution in [0.4, 0.5) is 10.9 Å². The van der Waals surface area contributed by atoms with E-state index in [9.17, 15) is 9.90 Å². The van der Waals surface area contributed by atoms with Crippen LogP contribution in [0.5, 0.6) is 0 Å². The summed E-state index contributed by atoms with van der Waals surface area (Å²) in [7, 11) is 1.84. The Morgan fingerprint density at radius 1 is 1.53 bits per heavy atom. The highest BCUT2D eigenvalue weighted by molar-refractivity contribution is 7.13. The summed E-state index contributed by atoms with van der Waals surface area (Å²) in [6.45, 7) is 5.19. The molecule has 19 heavy (non-hydrogen) atoms. The molecule has 0 aliphatic rings. The van der Waals surface area contributed by atoms with Gasteiger partial charge in [0.25, 0.3) is 0 Å². The van der Waals surface area contributed by atoms with Crippen molar-refractivity contribution < 1.29 is 9.90 Å². The lowest BCUT2D eigenvalue weighted by atomic mass is 9.90. The van der Waals surface area contributed by atoms with Crippen molar-refractivity contribution >= 4 is 28.3 Å². The number of carbonyl (C=O) groups is 1. The Hall–Kier alpha value is -1.89. The fraction of sp³-hybridized carbons (Fsp3) is 0.417. The number of carboxylic acids is 1. The zero-order valence-corrected chi connectivity index (χ0v) is 12.1. The van der Waals surface area contributed by atoms with Crippen LogP contribution >= 0.6 is 11.3 Å². The zero-order chi connectivity index (χ0) is 14.2. The number of aromatic nitrogens is 3. The molecule has 2 N–H and O–H groups in total. The Morgan fingerprint density at radius 2 is 2.21 bits per heavy atom. The molecule has 0 bridgehead atoms. The Morgan fingerprint density at radius 3 is 2.74 bits per heavy atom. The predicted octanol–water partition coefficient (Wildman–Crippen LogP) is 2.29. The Bertz CT molecular complexity index is 615. The molecule has 2 rings (SSSR count). The molecule has 0 fully saturated rings. The van der Waals surface area contributed by atoms with E-state index in [0.717, 1.165) is 11.5 Å². The van der Waals surface area contributed by atoms with E-state index in [4.69, 9.17) is 0 Å². The fourth-order valence-corrected chi connectivity index (χ4v) is 2.45. The summed E-state index contributed by atoms with van der Waals surface area (Å²) in [5.74, 6) is -0.0627. The number of thiazole rings is 1. The minimum Gasteiger partial charge on any atom is -0.481 e. The number of anilines is 2. The van der Waals surface area contributed by atoms with E-state index in [1.165, 1.54) is 11.3 Å². The quantitative estimate of drug-likeness (QED) is 0.898. The Kier molecular flexibility index (Phi) is 3.32. The van der Waals surface area contributed by atoms with E-state index in [0.29, 0.717) is 10.8 Å². The number of rotatable bonds is 4. The largest absolute Gasteiger partial charge is 0.481 e. The molecule has 2 heterocycles. The minimum atomic E-state index is -0.987. The van der Waals surface area contributed by atoms with E-state index < -0.39 is 11.4 Å². The second-order valence-electron chi connectivity index (χ2n) is 4.89. The van der Waals surface area contributed by atoms with Crippen LogP contribution in [-0.4, -0.2) is 25.8 Å². The predicted molar refractivity (Wildman–Crippen MR) is 74.0 cm³/mol. The third kappa shape index (κ3) is 2.60. The highest BCUT2D eigenvalue weighted by atomic mass is 32.1. The first-order chi connectivity index (χ1) is 8.80. The van der Waals surface area contributed by atoms with Crippen LogP contribution in [0.2, 0.25) is 0 Å². The fourth-order valence-electron chi connectivity index (χ4n) is 1.56. The SMILES string of the molecule is Cc1cc(Nc2nc(C(C)(C)C(=O)O)cs2)n(C)n1. The maximum absolute atomic E-state index is 11.2. The molecule has 0 atom stereocenters. The summed E-state index contributed by atoms with van der Waals surface area (Å²) < 4.78 is 1.72. The van der Waals surface area contributed by atoms with Crippen LogP contribution in [0.25, 0.3) is 0 Å². The molecule has 7 heteroatoms. The molecule has 102 valence electrons. The van der Waals surface area contributed by atoms with Crippen molar-refractivity contribution in [1.29, 1.82) is 0 Å². The number of hydrogen-bond donors (Lipinski definition) is 2. The van der Waals surface area contributed by atoms with Gasteiger partial charge in [0.05, 0.1) is 11.4 Å². The van der Waals surface area contributed by atoms with Crippen molar-refractivity contribution in [3.05, 3.63) is 22.8 Å². The van der Waals surface area contributed by atoms with Crippen molar-refractivity contribution in [2.45, 2.75) is 26.2 Å². The third-order valence-corrected chi connectivity index (χ3v) is 3.67. The zero-order valence-electron chi connectivity index (χ0n) is 11.3. The lowest BCUT2D eigenvalue weighted by Gasteiger charge is -2.15. The van der Waals surface area contributed by atoms with Crippen molar-refractivity contribution in [3.63, 3.8) is 0 Å². The molecule has 0 aliphatic heterocycles. The molecule has 2 aromatic rings. The van der Waals surface area contributed by atoms with Gasteiger partial charge in [-0.2, -0.15) is 5.10 Å². The molecule has 0 saturated heterocycles. The molecule has 2 aromatic heterocycles. The van der Waals surface area contributed by atoms with Crippen molar-refractivity contribution in [3.8, 4) is 0 Å². The van der Waals surface area contributed by atoms with Gasteiger partial charge in [0.1, 0.15) is 11.2 Å². The van der Waals surface area contributed by atoms with Crippen molar-refractivity contribution in [1.82, 2.24) is 14.8 Å². The second-order valence-corrected chi connectivity index (χ2v) is 5.75. The number of carboxylic acid groups (broad SMARTS) is 1. The highest BCUT2D eigenvalue weighted by Crippen LogP contribution is 2.28. The molecule has 0 radical (unpaired) electrons. The molecular weight excluding hydrogens is 264 g/mol. The van der Waals surface area contributed by atoms with E-state index in [2.05, 4.69) is 15.4 Å². The van der Waals surface area contributed by atoms with Crippen LogP contribution in [0.3, 0.4) is 0 Å².